The Kier molecular flexibility index (Phi) is 6.47. The molecule has 7 heteroatoms. The molecule has 6 nitrogen and oxygen atoms in total. The molecule has 2 aromatic rings. The third-order valence-electron chi connectivity index (χ3n) is 4.17. The number of hydrogen-bond acceptors (Lipinski definition) is 6. The van der Waals surface area contributed by atoms with Crippen LogP contribution in [0, 0.1) is 0 Å². The predicted molar refractivity (Wildman–Crippen MR) is 108 cm³/mol. The van der Waals surface area contributed by atoms with Crippen LogP contribution in [0.4, 0.5) is 11.4 Å². The van der Waals surface area contributed by atoms with Crippen LogP contribution in [-0.2, 0) is 9.47 Å². The molecule has 1 heterocycles. The van der Waals surface area contributed by atoms with Crippen LogP contribution in [0.25, 0.3) is 0 Å². The van der Waals surface area contributed by atoms with Gasteiger partial charge in [0, 0.05) is 29.3 Å². The Morgan fingerprint density at radius 1 is 1.30 bits per heavy atom. The lowest BCUT2D eigenvalue weighted by Gasteiger charge is -2.29. The van der Waals surface area contributed by atoms with Gasteiger partial charge in [-0.2, -0.15) is 0 Å². The molecule has 142 valence electrons. The average Bonchev–Trinajstić information content (AvgIpc) is 2.69. The molecule has 0 radical (unpaired) electrons. The first-order valence-electron chi connectivity index (χ1n) is 8.75. The first kappa shape index (κ1) is 19.4. The number of ether oxygens (including phenoxy) is 2. The second-order valence-corrected chi connectivity index (χ2v) is 6.90. The van der Waals surface area contributed by atoms with Gasteiger partial charge in [0.05, 0.1) is 36.8 Å². The number of nitrogens with zero attached hydrogens (tertiary/aromatic N) is 2. The minimum atomic E-state index is -0.382. The summed E-state index contributed by atoms with van der Waals surface area (Å²) in [5.74, 6) is -0.246. The summed E-state index contributed by atoms with van der Waals surface area (Å²) >= 11 is 3.39. The second kappa shape index (κ2) is 9.01. The van der Waals surface area contributed by atoms with E-state index in [-0.39, 0.29) is 11.7 Å². The lowest BCUT2D eigenvalue weighted by molar-refractivity contribution is 0.0526. The molecule has 0 unspecified atom stereocenters. The molecular formula is C20H21BrN2O4. The lowest BCUT2D eigenvalue weighted by atomic mass is 10.1. The number of aliphatic imine (C=N–C) groups is 1. The van der Waals surface area contributed by atoms with Crippen molar-refractivity contribution in [3.05, 3.63) is 52.0 Å². The summed E-state index contributed by atoms with van der Waals surface area (Å²) in [6.45, 7) is 4.89. The monoisotopic (exact) mass is 432 g/mol. The van der Waals surface area contributed by atoms with E-state index < -0.39 is 0 Å². The quantitative estimate of drug-likeness (QED) is 0.572. The highest BCUT2D eigenvalue weighted by Crippen LogP contribution is 2.31. The number of carbonyl (C=O) groups excluding carboxylic acids is 1. The van der Waals surface area contributed by atoms with Crippen LogP contribution < -0.4 is 4.90 Å². The molecule has 0 bridgehead atoms. The average molecular weight is 433 g/mol. The normalized spacial score (nSPS) is 14.5. The van der Waals surface area contributed by atoms with E-state index in [1.807, 2.05) is 6.07 Å². The third kappa shape index (κ3) is 4.87. The number of halogens is 1. The number of rotatable bonds is 5. The van der Waals surface area contributed by atoms with Crippen molar-refractivity contribution in [1.82, 2.24) is 0 Å². The zero-order chi connectivity index (χ0) is 19.2. The predicted octanol–water partition coefficient (Wildman–Crippen LogP) is 3.92. The fraction of sp³-hybridized carbons (Fsp3) is 0.300. The Bertz CT molecular complexity index is 848. The van der Waals surface area contributed by atoms with Crippen molar-refractivity contribution in [2.45, 2.75) is 6.92 Å². The molecule has 0 saturated carbocycles. The molecule has 0 aliphatic carbocycles. The van der Waals surface area contributed by atoms with E-state index in [1.165, 1.54) is 0 Å². The molecule has 0 spiro atoms. The Balaban J connectivity index is 1.98. The maximum absolute atomic E-state index is 12.1. The van der Waals surface area contributed by atoms with E-state index in [4.69, 9.17) is 9.47 Å². The van der Waals surface area contributed by atoms with Crippen LogP contribution in [0.15, 0.2) is 45.9 Å². The maximum atomic E-state index is 12.1. The van der Waals surface area contributed by atoms with Gasteiger partial charge < -0.3 is 19.5 Å². The van der Waals surface area contributed by atoms with Crippen molar-refractivity contribution in [2.24, 2.45) is 4.99 Å². The molecule has 1 aliphatic heterocycles. The number of hydrogen-bond donors (Lipinski definition) is 1. The zero-order valence-corrected chi connectivity index (χ0v) is 16.6. The SMILES string of the molecule is CCOC(=O)c1ccc(N2CCOCC2)c(N=Cc2cc(Br)ccc2O)c1. The van der Waals surface area contributed by atoms with E-state index >= 15 is 0 Å². The number of phenols is 1. The molecule has 1 saturated heterocycles. The smallest absolute Gasteiger partial charge is 0.338 e. The molecule has 27 heavy (non-hydrogen) atoms. The van der Waals surface area contributed by atoms with E-state index in [2.05, 4.69) is 25.8 Å². The summed E-state index contributed by atoms with van der Waals surface area (Å²) in [7, 11) is 0. The van der Waals surface area contributed by atoms with Crippen LogP contribution >= 0.6 is 15.9 Å². The van der Waals surface area contributed by atoms with E-state index in [1.54, 1.807) is 43.5 Å². The van der Waals surface area contributed by atoms with Crippen molar-refractivity contribution in [3.8, 4) is 5.75 Å². The Hall–Kier alpha value is -2.38. The molecule has 1 aliphatic rings. The van der Waals surface area contributed by atoms with Gasteiger partial charge in [0.1, 0.15) is 5.75 Å². The minimum absolute atomic E-state index is 0.136. The number of carbonyl (C=O) groups is 1. The van der Waals surface area contributed by atoms with Crippen LogP contribution in [0.5, 0.6) is 5.75 Å². The van der Waals surface area contributed by atoms with Gasteiger partial charge in [-0.05, 0) is 43.3 Å². The number of benzene rings is 2. The molecule has 3 rings (SSSR count). The summed E-state index contributed by atoms with van der Waals surface area (Å²) in [5.41, 5.74) is 2.58. The van der Waals surface area contributed by atoms with Crippen LogP contribution in [-0.4, -0.2) is 50.2 Å². The highest BCUT2D eigenvalue weighted by atomic mass is 79.9. The van der Waals surface area contributed by atoms with Crippen LogP contribution in [0.2, 0.25) is 0 Å². The molecule has 0 atom stereocenters. The first-order chi connectivity index (χ1) is 13.1. The largest absolute Gasteiger partial charge is 0.507 e. The van der Waals surface area contributed by atoms with E-state index in [9.17, 15) is 9.90 Å². The number of phenolic OH excluding ortho intramolecular Hbond substituents is 1. The molecule has 1 N–H and O–H groups in total. The molecular weight excluding hydrogens is 412 g/mol. The Labute approximate surface area is 166 Å². The first-order valence-corrected chi connectivity index (χ1v) is 9.54. The summed E-state index contributed by atoms with van der Waals surface area (Å²) in [6.07, 6.45) is 1.59. The fourth-order valence-electron chi connectivity index (χ4n) is 2.81. The highest BCUT2D eigenvalue weighted by Gasteiger charge is 2.17. The van der Waals surface area contributed by atoms with Gasteiger partial charge in [-0.15, -0.1) is 0 Å². The van der Waals surface area contributed by atoms with E-state index in [0.29, 0.717) is 36.6 Å². The Morgan fingerprint density at radius 2 is 2.07 bits per heavy atom. The molecule has 0 amide bonds. The number of morpholine rings is 1. The van der Waals surface area contributed by atoms with Gasteiger partial charge in [0.15, 0.2) is 0 Å². The number of aromatic hydroxyl groups is 1. The summed E-state index contributed by atoms with van der Waals surface area (Å²) in [5, 5.41) is 10.0. The van der Waals surface area contributed by atoms with Crippen molar-refractivity contribution >= 4 is 39.5 Å². The van der Waals surface area contributed by atoms with Crippen LogP contribution in [0.3, 0.4) is 0 Å². The maximum Gasteiger partial charge on any atom is 0.338 e. The van der Waals surface area contributed by atoms with Gasteiger partial charge in [-0.1, -0.05) is 15.9 Å². The number of anilines is 1. The van der Waals surface area contributed by atoms with Gasteiger partial charge in [-0.25, -0.2) is 4.79 Å². The Morgan fingerprint density at radius 3 is 2.81 bits per heavy atom. The van der Waals surface area contributed by atoms with Crippen molar-refractivity contribution in [3.63, 3.8) is 0 Å². The van der Waals surface area contributed by atoms with Crippen molar-refractivity contribution < 1.29 is 19.4 Å². The summed E-state index contributed by atoms with van der Waals surface area (Å²) in [6, 6.07) is 10.5. The second-order valence-electron chi connectivity index (χ2n) is 5.98. The fourth-order valence-corrected chi connectivity index (χ4v) is 3.19. The highest BCUT2D eigenvalue weighted by molar-refractivity contribution is 9.10. The van der Waals surface area contributed by atoms with Gasteiger partial charge >= 0.3 is 5.97 Å². The van der Waals surface area contributed by atoms with Gasteiger partial charge in [-0.3, -0.25) is 4.99 Å². The van der Waals surface area contributed by atoms with Crippen LogP contribution in [0.1, 0.15) is 22.8 Å². The molecule has 1 fully saturated rings. The molecule has 2 aromatic carbocycles. The van der Waals surface area contributed by atoms with Gasteiger partial charge in [0.25, 0.3) is 0 Å². The summed E-state index contributed by atoms with van der Waals surface area (Å²) < 4.78 is 11.4. The van der Waals surface area contributed by atoms with E-state index in [0.717, 1.165) is 23.2 Å². The zero-order valence-electron chi connectivity index (χ0n) is 15.0. The lowest BCUT2D eigenvalue weighted by Crippen LogP contribution is -2.36. The topological polar surface area (TPSA) is 71.4 Å². The van der Waals surface area contributed by atoms with Gasteiger partial charge in [0.2, 0.25) is 0 Å². The third-order valence-corrected chi connectivity index (χ3v) is 4.66. The number of esters is 1. The molecule has 0 aromatic heterocycles. The summed E-state index contributed by atoms with van der Waals surface area (Å²) in [4.78, 5) is 18.8. The van der Waals surface area contributed by atoms with Crippen molar-refractivity contribution in [2.75, 3.05) is 37.8 Å². The minimum Gasteiger partial charge on any atom is -0.507 e. The standard InChI is InChI=1S/C20H21BrN2O4/c1-2-27-20(25)14-3-5-18(23-7-9-26-10-8-23)17(12-14)22-13-15-11-16(21)4-6-19(15)24/h3-6,11-13,24H,2,7-10H2,1H3. The van der Waals surface area contributed by atoms with Crippen molar-refractivity contribution in [1.29, 1.82) is 0 Å².